The van der Waals surface area contributed by atoms with Gasteiger partial charge in [-0.2, -0.15) is 0 Å². The average Bonchev–Trinajstić information content (AvgIpc) is 2.31. The zero-order valence-electron chi connectivity index (χ0n) is 9.02. The molecule has 0 aliphatic heterocycles. The van der Waals surface area contributed by atoms with Crippen LogP contribution in [0.2, 0.25) is 5.02 Å². The summed E-state index contributed by atoms with van der Waals surface area (Å²) >= 11 is 5.67. The van der Waals surface area contributed by atoms with E-state index in [9.17, 15) is 9.18 Å². The van der Waals surface area contributed by atoms with Crippen molar-refractivity contribution in [1.29, 1.82) is 0 Å². The number of nitrogens with two attached hydrogens (primary N) is 1. The largest absolute Gasteiger partial charge is 0.409 e. The maximum atomic E-state index is 13.1. The highest BCUT2D eigenvalue weighted by Crippen LogP contribution is 2.20. The molecular formula is C10H11ClFN3O2. The van der Waals surface area contributed by atoms with Gasteiger partial charge in [0.2, 0.25) is 0 Å². The molecule has 0 radical (unpaired) electrons. The van der Waals surface area contributed by atoms with Gasteiger partial charge in [-0.15, -0.1) is 0 Å². The summed E-state index contributed by atoms with van der Waals surface area (Å²) in [6, 6.07) is 3.94. The highest BCUT2D eigenvalue weighted by atomic mass is 35.5. The van der Waals surface area contributed by atoms with E-state index in [2.05, 4.69) is 5.16 Å². The third kappa shape index (κ3) is 3.07. The minimum atomic E-state index is -0.672. The molecule has 0 atom stereocenters. The maximum Gasteiger partial charge on any atom is 0.255 e. The molecule has 0 aromatic heterocycles. The topological polar surface area (TPSA) is 78.9 Å². The summed E-state index contributed by atoms with van der Waals surface area (Å²) in [4.78, 5) is 13.0. The Hall–Kier alpha value is -1.82. The highest BCUT2D eigenvalue weighted by Gasteiger charge is 2.17. The Morgan fingerprint density at radius 1 is 1.65 bits per heavy atom. The zero-order chi connectivity index (χ0) is 13.0. The van der Waals surface area contributed by atoms with Crippen LogP contribution in [0.15, 0.2) is 23.4 Å². The van der Waals surface area contributed by atoms with Crippen molar-refractivity contribution >= 4 is 23.3 Å². The minimum Gasteiger partial charge on any atom is -0.409 e. The van der Waals surface area contributed by atoms with E-state index in [1.807, 2.05) is 0 Å². The maximum absolute atomic E-state index is 13.1. The molecule has 7 heteroatoms. The average molecular weight is 260 g/mol. The van der Waals surface area contributed by atoms with E-state index in [4.69, 9.17) is 22.5 Å². The smallest absolute Gasteiger partial charge is 0.255 e. The van der Waals surface area contributed by atoms with Crippen LogP contribution in [0.3, 0.4) is 0 Å². The molecule has 1 aromatic carbocycles. The first-order valence-electron chi connectivity index (χ1n) is 4.63. The predicted molar refractivity (Wildman–Crippen MR) is 61.8 cm³/mol. The van der Waals surface area contributed by atoms with E-state index in [1.54, 1.807) is 0 Å². The van der Waals surface area contributed by atoms with Gasteiger partial charge in [0.15, 0.2) is 5.84 Å². The molecule has 92 valence electrons. The molecule has 3 N–H and O–H groups in total. The Labute approximate surface area is 102 Å². The fourth-order valence-corrected chi connectivity index (χ4v) is 1.43. The van der Waals surface area contributed by atoms with Gasteiger partial charge < -0.3 is 15.8 Å². The van der Waals surface area contributed by atoms with Crippen molar-refractivity contribution in [1.82, 2.24) is 4.90 Å². The molecule has 0 aliphatic carbocycles. The fourth-order valence-electron chi connectivity index (χ4n) is 1.22. The Kier molecular flexibility index (Phi) is 4.28. The second-order valence-electron chi connectivity index (χ2n) is 3.35. The molecule has 1 amide bonds. The van der Waals surface area contributed by atoms with Gasteiger partial charge in [-0.25, -0.2) is 4.39 Å². The van der Waals surface area contributed by atoms with Crippen molar-refractivity contribution in [2.24, 2.45) is 10.9 Å². The number of hydrogen-bond donors (Lipinski definition) is 2. The van der Waals surface area contributed by atoms with Crippen molar-refractivity contribution < 1.29 is 14.4 Å². The van der Waals surface area contributed by atoms with E-state index in [0.717, 1.165) is 11.0 Å². The zero-order valence-corrected chi connectivity index (χ0v) is 9.78. The van der Waals surface area contributed by atoms with Gasteiger partial charge in [-0.3, -0.25) is 4.79 Å². The van der Waals surface area contributed by atoms with Crippen molar-refractivity contribution in [3.05, 3.63) is 34.6 Å². The molecule has 0 fully saturated rings. The third-order valence-electron chi connectivity index (χ3n) is 2.06. The van der Waals surface area contributed by atoms with E-state index in [-0.39, 0.29) is 23.0 Å². The normalized spacial score (nSPS) is 11.4. The summed E-state index contributed by atoms with van der Waals surface area (Å²) in [6.45, 7) is -0.0812. The Balaban J connectivity index is 2.93. The van der Waals surface area contributed by atoms with Gasteiger partial charge in [0.05, 0.1) is 17.1 Å². The summed E-state index contributed by atoms with van der Waals surface area (Å²) < 4.78 is 13.1. The summed E-state index contributed by atoms with van der Waals surface area (Å²) in [5, 5.41) is 10.9. The van der Waals surface area contributed by atoms with E-state index in [1.165, 1.54) is 19.2 Å². The van der Waals surface area contributed by atoms with Crippen molar-refractivity contribution in [2.45, 2.75) is 0 Å². The van der Waals surface area contributed by atoms with Gasteiger partial charge in [0.25, 0.3) is 5.91 Å². The lowest BCUT2D eigenvalue weighted by Gasteiger charge is -2.16. The lowest BCUT2D eigenvalue weighted by atomic mass is 10.2. The van der Waals surface area contributed by atoms with E-state index >= 15 is 0 Å². The lowest BCUT2D eigenvalue weighted by molar-refractivity contribution is 0.0813. The summed E-state index contributed by atoms with van der Waals surface area (Å²) in [5.74, 6) is -1.32. The minimum absolute atomic E-state index is 0.0277. The van der Waals surface area contributed by atoms with Crippen LogP contribution in [-0.4, -0.2) is 35.4 Å². The molecule has 0 heterocycles. The van der Waals surface area contributed by atoms with Crippen LogP contribution < -0.4 is 5.73 Å². The number of amides is 1. The Morgan fingerprint density at radius 2 is 2.29 bits per heavy atom. The Morgan fingerprint density at radius 3 is 2.88 bits per heavy atom. The van der Waals surface area contributed by atoms with Crippen LogP contribution in [0.4, 0.5) is 4.39 Å². The van der Waals surface area contributed by atoms with Gasteiger partial charge in [0, 0.05) is 7.05 Å². The SMILES string of the molecule is CN(C/C(N)=N/O)C(=O)c1cccc(F)c1Cl. The number of carbonyl (C=O) groups excluding carboxylic acids is 1. The van der Waals surface area contributed by atoms with Crippen molar-refractivity contribution in [2.75, 3.05) is 13.6 Å². The number of benzene rings is 1. The van der Waals surface area contributed by atoms with Crippen molar-refractivity contribution in [3.8, 4) is 0 Å². The fraction of sp³-hybridized carbons (Fsp3) is 0.200. The molecule has 17 heavy (non-hydrogen) atoms. The van der Waals surface area contributed by atoms with Gasteiger partial charge in [-0.05, 0) is 12.1 Å². The van der Waals surface area contributed by atoms with E-state index < -0.39 is 11.7 Å². The lowest BCUT2D eigenvalue weighted by Crippen LogP contribution is -2.35. The van der Waals surface area contributed by atoms with Crippen LogP contribution in [0.25, 0.3) is 0 Å². The van der Waals surface area contributed by atoms with Gasteiger partial charge in [-0.1, -0.05) is 22.8 Å². The molecule has 0 spiro atoms. The van der Waals surface area contributed by atoms with Gasteiger partial charge in [0.1, 0.15) is 5.82 Å². The molecule has 0 unspecified atom stereocenters. The van der Waals surface area contributed by atoms with Crippen LogP contribution in [0.5, 0.6) is 0 Å². The second-order valence-corrected chi connectivity index (χ2v) is 3.73. The summed E-state index contributed by atoms with van der Waals surface area (Å²) in [7, 11) is 1.43. The standard InChI is InChI=1S/C10H11ClFN3O2/c1-15(5-8(13)14-17)10(16)6-3-2-4-7(12)9(6)11/h2-4,17H,5H2,1H3,(H2,13,14). The van der Waals surface area contributed by atoms with Crippen molar-refractivity contribution in [3.63, 3.8) is 0 Å². The first-order chi connectivity index (χ1) is 7.97. The number of amidine groups is 1. The molecule has 0 saturated carbocycles. The highest BCUT2D eigenvalue weighted by molar-refractivity contribution is 6.34. The first kappa shape index (κ1) is 13.2. The number of rotatable bonds is 3. The number of nitrogens with zero attached hydrogens (tertiary/aromatic N) is 2. The van der Waals surface area contributed by atoms with E-state index in [0.29, 0.717) is 0 Å². The number of carbonyl (C=O) groups is 1. The van der Waals surface area contributed by atoms with Crippen LogP contribution in [0, 0.1) is 5.82 Å². The number of halogens is 2. The number of oxime groups is 1. The number of likely N-dealkylation sites (N-methyl/N-ethyl adjacent to an activating group) is 1. The van der Waals surface area contributed by atoms with Crippen LogP contribution in [-0.2, 0) is 0 Å². The predicted octanol–water partition coefficient (Wildman–Crippen LogP) is 1.30. The molecule has 1 rings (SSSR count). The molecule has 5 nitrogen and oxygen atoms in total. The molecule has 1 aromatic rings. The monoisotopic (exact) mass is 259 g/mol. The van der Waals surface area contributed by atoms with Gasteiger partial charge >= 0.3 is 0 Å². The Bertz CT molecular complexity index is 465. The van der Waals surface area contributed by atoms with Crippen LogP contribution in [0.1, 0.15) is 10.4 Å². The number of hydrogen-bond acceptors (Lipinski definition) is 3. The second kappa shape index (κ2) is 5.49. The molecule has 0 aliphatic rings. The summed E-state index contributed by atoms with van der Waals surface area (Å²) in [6.07, 6.45) is 0. The quantitative estimate of drug-likeness (QED) is 0.372. The van der Waals surface area contributed by atoms with Crippen LogP contribution >= 0.6 is 11.6 Å². The first-order valence-corrected chi connectivity index (χ1v) is 5.01. The third-order valence-corrected chi connectivity index (χ3v) is 2.44. The summed E-state index contributed by atoms with van der Waals surface area (Å²) in [5.41, 5.74) is 5.28. The molecular weight excluding hydrogens is 249 g/mol. The molecule has 0 bridgehead atoms. The molecule has 0 saturated heterocycles.